The third-order valence-corrected chi connectivity index (χ3v) is 1.55. The summed E-state index contributed by atoms with van der Waals surface area (Å²) in [5, 5.41) is 0. The van der Waals surface area contributed by atoms with Crippen molar-refractivity contribution < 1.29 is 9.53 Å². The quantitative estimate of drug-likeness (QED) is 0.654. The van der Waals surface area contributed by atoms with Crippen molar-refractivity contribution in [3.8, 4) is 0 Å². The maximum atomic E-state index is 10.6. The Kier molecular flexibility index (Phi) is 5.93. The van der Waals surface area contributed by atoms with Crippen molar-refractivity contribution in [1.29, 1.82) is 0 Å². The van der Waals surface area contributed by atoms with Crippen molar-refractivity contribution in [2.75, 3.05) is 6.61 Å². The van der Waals surface area contributed by atoms with Crippen LogP contribution in [0, 0.1) is 0 Å². The molecule has 12 heavy (non-hydrogen) atoms. The Balaban J connectivity index is 3.31. The van der Waals surface area contributed by atoms with Crippen LogP contribution in [-0.4, -0.2) is 24.5 Å². The highest BCUT2D eigenvalue weighted by molar-refractivity contribution is 5.75. The fourth-order valence-electron chi connectivity index (χ4n) is 0.919. The number of ketones is 1. The monoisotopic (exact) mass is 173 g/mol. The Hall–Kier alpha value is -0.410. The van der Waals surface area contributed by atoms with Gasteiger partial charge in [0.1, 0.15) is 5.78 Å². The number of carbonyl (C=O) groups excluding carboxylic acids is 1. The molecule has 0 aromatic carbocycles. The largest absolute Gasteiger partial charge is 0.378 e. The van der Waals surface area contributed by atoms with Crippen LogP contribution >= 0.6 is 0 Å². The second-order valence-electron chi connectivity index (χ2n) is 3.35. The summed E-state index contributed by atoms with van der Waals surface area (Å²) < 4.78 is 5.36. The molecule has 0 aromatic rings. The molecule has 0 fully saturated rings. The fraction of sp³-hybridized carbons (Fsp3) is 0.889. The van der Waals surface area contributed by atoms with Gasteiger partial charge in [-0.1, -0.05) is 0 Å². The van der Waals surface area contributed by atoms with E-state index in [2.05, 4.69) is 0 Å². The average molecular weight is 173 g/mol. The van der Waals surface area contributed by atoms with Crippen LogP contribution in [0.15, 0.2) is 0 Å². The van der Waals surface area contributed by atoms with Crippen LogP contribution in [0.4, 0.5) is 0 Å². The Bertz CT molecular complexity index is 134. The van der Waals surface area contributed by atoms with Gasteiger partial charge >= 0.3 is 0 Å². The zero-order valence-corrected chi connectivity index (χ0v) is 8.17. The Morgan fingerprint density at radius 1 is 1.50 bits per heavy atom. The van der Waals surface area contributed by atoms with Gasteiger partial charge in [0, 0.05) is 19.1 Å². The number of carbonyl (C=O) groups is 1. The van der Waals surface area contributed by atoms with E-state index in [9.17, 15) is 4.79 Å². The van der Waals surface area contributed by atoms with Crippen LogP contribution in [0.3, 0.4) is 0 Å². The molecular weight excluding hydrogens is 154 g/mol. The first kappa shape index (κ1) is 11.6. The number of hydrogen-bond acceptors (Lipinski definition) is 3. The highest BCUT2D eigenvalue weighted by Crippen LogP contribution is 1.99. The summed E-state index contributed by atoms with van der Waals surface area (Å²) in [5.74, 6) is 0.170. The molecule has 2 N–H and O–H groups in total. The minimum atomic E-state index is 0.0289. The summed E-state index contributed by atoms with van der Waals surface area (Å²) in [6.45, 7) is 6.07. The molecule has 0 bridgehead atoms. The van der Waals surface area contributed by atoms with E-state index in [0.717, 1.165) is 6.42 Å². The number of hydrogen-bond donors (Lipinski definition) is 1. The van der Waals surface area contributed by atoms with E-state index < -0.39 is 0 Å². The highest BCUT2D eigenvalue weighted by Gasteiger charge is 2.05. The van der Waals surface area contributed by atoms with E-state index in [1.807, 2.05) is 13.8 Å². The zero-order valence-electron chi connectivity index (χ0n) is 8.17. The molecule has 0 saturated heterocycles. The van der Waals surface area contributed by atoms with Gasteiger partial charge in [-0.3, -0.25) is 4.79 Å². The molecule has 0 aliphatic rings. The Morgan fingerprint density at radius 2 is 2.08 bits per heavy atom. The van der Waals surface area contributed by atoms with Crippen LogP contribution in [0.2, 0.25) is 0 Å². The summed E-state index contributed by atoms with van der Waals surface area (Å²) in [4.78, 5) is 10.6. The third-order valence-electron chi connectivity index (χ3n) is 1.55. The van der Waals surface area contributed by atoms with Crippen LogP contribution in [0.1, 0.15) is 33.6 Å². The maximum absolute atomic E-state index is 10.6. The van der Waals surface area contributed by atoms with Crippen molar-refractivity contribution in [3.63, 3.8) is 0 Å². The second kappa shape index (κ2) is 6.14. The molecule has 72 valence electrons. The third kappa shape index (κ3) is 7.69. The summed E-state index contributed by atoms with van der Waals surface area (Å²) in [6.07, 6.45) is 1.38. The topological polar surface area (TPSA) is 52.3 Å². The lowest BCUT2D eigenvalue weighted by molar-refractivity contribution is -0.119. The predicted molar refractivity (Wildman–Crippen MR) is 49.0 cm³/mol. The molecule has 0 heterocycles. The lowest BCUT2D eigenvalue weighted by Crippen LogP contribution is -2.20. The van der Waals surface area contributed by atoms with Gasteiger partial charge in [0.15, 0.2) is 0 Å². The number of nitrogens with two attached hydrogens (primary N) is 1. The number of Topliss-reactive ketones (excluding diaryl/α,β-unsaturated/α-hetero) is 1. The fourth-order valence-corrected chi connectivity index (χ4v) is 0.919. The Morgan fingerprint density at radius 3 is 2.50 bits per heavy atom. The van der Waals surface area contributed by atoms with Crippen LogP contribution in [-0.2, 0) is 9.53 Å². The smallest absolute Gasteiger partial charge is 0.132 e. The van der Waals surface area contributed by atoms with Crippen molar-refractivity contribution in [2.45, 2.75) is 45.8 Å². The molecule has 0 amide bonds. The number of rotatable bonds is 6. The van der Waals surface area contributed by atoms with Gasteiger partial charge in [-0.05, 0) is 27.2 Å². The minimum absolute atomic E-state index is 0.0289. The van der Waals surface area contributed by atoms with Crippen molar-refractivity contribution in [2.24, 2.45) is 5.73 Å². The zero-order chi connectivity index (χ0) is 9.56. The molecule has 2 unspecified atom stereocenters. The van der Waals surface area contributed by atoms with Gasteiger partial charge in [-0.15, -0.1) is 0 Å². The van der Waals surface area contributed by atoms with E-state index in [1.165, 1.54) is 0 Å². The molecule has 0 rings (SSSR count). The molecule has 0 aliphatic carbocycles. The Labute approximate surface area is 74.3 Å². The van der Waals surface area contributed by atoms with Crippen LogP contribution in [0.25, 0.3) is 0 Å². The summed E-state index contributed by atoms with van der Waals surface area (Å²) in [7, 11) is 0. The second-order valence-corrected chi connectivity index (χ2v) is 3.35. The van der Waals surface area contributed by atoms with Gasteiger partial charge in [0.05, 0.1) is 6.10 Å². The van der Waals surface area contributed by atoms with Crippen molar-refractivity contribution >= 4 is 5.78 Å². The molecule has 0 aromatic heterocycles. The predicted octanol–water partition coefficient (Wildman–Crippen LogP) is 1.11. The SMILES string of the molecule is CC(=O)CC(C)OCCC(C)N. The van der Waals surface area contributed by atoms with E-state index in [0.29, 0.717) is 13.0 Å². The standard InChI is InChI=1S/C9H19NO2/c1-7(10)4-5-12-9(3)6-8(2)11/h7,9H,4-6,10H2,1-3H3. The molecular formula is C9H19NO2. The van der Waals surface area contributed by atoms with Gasteiger partial charge in [-0.2, -0.15) is 0 Å². The van der Waals surface area contributed by atoms with E-state index in [1.54, 1.807) is 6.92 Å². The van der Waals surface area contributed by atoms with Gasteiger partial charge in [0.2, 0.25) is 0 Å². The highest BCUT2D eigenvalue weighted by atomic mass is 16.5. The van der Waals surface area contributed by atoms with E-state index in [4.69, 9.17) is 10.5 Å². The van der Waals surface area contributed by atoms with Crippen molar-refractivity contribution in [3.05, 3.63) is 0 Å². The first-order valence-electron chi connectivity index (χ1n) is 4.39. The summed E-state index contributed by atoms with van der Waals surface area (Å²) >= 11 is 0. The molecule has 3 heteroatoms. The van der Waals surface area contributed by atoms with E-state index in [-0.39, 0.29) is 17.9 Å². The molecule has 0 spiro atoms. The van der Waals surface area contributed by atoms with Crippen LogP contribution < -0.4 is 5.73 Å². The van der Waals surface area contributed by atoms with Gasteiger partial charge in [-0.25, -0.2) is 0 Å². The van der Waals surface area contributed by atoms with Crippen molar-refractivity contribution in [1.82, 2.24) is 0 Å². The lowest BCUT2D eigenvalue weighted by atomic mass is 10.2. The summed E-state index contributed by atoms with van der Waals surface area (Å²) in [6, 6.07) is 0.175. The summed E-state index contributed by atoms with van der Waals surface area (Å²) in [5.41, 5.74) is 5.53. The molecule has 0 radical (unpaired) electrons. The first-order chi connectivity index (χ1) is 5.52. The lowest BCUT2D eigenvalue weighted by Gasteiger charge is -2.12. The number of ether oxygens (including phenoxy) is 1. The van der Waals surface area contributed by atoms with Gasteiger partial charge < -0.3 is 10.5 Å². The van der Waals surface area contributed by atoms with E-state index >= 15 is 0 Å². The van der Waals surface area contributed by atoms with Crippen LogP contribution in [0.5, 0.6) is 0 Å². The first-order valence-corrected chi connectivity index (χ1v) is 4.39. The molecule has 0 aliphatic heterocycles. The molecule has 0 saturated carbocycles. The minimum Gasteiger partial charge on any atom is -0.378 e. The molecule has 3 nitrogen and oxygen atoms in total. The van der Waals surface area contributed by atoms with Gasteiger partial charge in [0.25, 0.3) is 0 Å². The normalized spacial score (nSPS) is 15.7. The maximum Gasteiger partial charge on any atom is 0.132 e. The molecule has 2 atom stereocenters. The average Bonchev–Trinajstić information content (AvgIpc) is 1.84.